The molecule has 2 unspecified atom stereocenters. The highest BCUT2D eigenvalue weighted by Crippen LogP contribution is 2.54. The number of halogens is 5. The van der Waals surface area contributed by atoms with E-state index in [1.165, 1.54) is 12.1 Å². The van der Waals surface area contributed by atoms with Crippen LogP contribution < -0.4 is 9.46 Å². The molecule has 0 spiro atoms. The average molecular weight is 486 g/mol. The van der Waals surface area contributed by atoms with Crippen LogP contribution in [0.1, 0.15) is 36.8 Å². The Kier molecular flexibility index (Phi) is 6.00. The van der Waals surface area contributed by atoms with Crippen molar-refractivity contribution in [3.05, 3.63) is 40.4 Å². The number of nitrogens with one attached hydrogen (secondary N) is 1. The first-order chi connectivity index (χ1) is 13.8. The van der Waals surface area contributed by atoms with Crippen molar-refractivity contribution < 1.29 is 31.1 Å². The zero-order chi connectivity index (χ0) is 22.4. The summed E-state index contributed by atoms with van der Waals surface area (Å²) in [6.07, 6.45) is -3.85. The molecule has 1 aliphatic rings. The van der Waals surface area contributed by atoms with E-state index in [0.29, 0.717) is 0 Å². The first kappa shape index (κ1) is 22.7. The van der Waals surface area contributed by atoms with Crippen molar-refractivity contribution in [3.8, 4) is 5.75 Å². The Bertz CT molecular complexity index is 1090. The van der Waals surface area contributed by atoms with E-state index in [1.807, 2.05) is 0 Å². The summed E-state index contributed by atoms with van der Waals surface area (Å²) in [6, 6.07) is 2.93. The second-order valence-corrected chi connectivity index (χ2v) is 9.35. The molecule has 13 heteroatoms. The van der Waals surface area contributed by atoms with Gasteiger partial charge in [0.25, 0.3) is 15.9 Å². The van der Waals surface area contributed by atoms with Gasteiger partial charge in [0.2, 0.25) is 0 Å². The summed E-state index contributed by atoms with van der Waals surface area (Å²) in [5, 5.41) is -0.545. The van der Waals surface area contributed by atoms with Crippen molar-refractivity contribution in [1.82, 2.24) is 14.3 Å². The summed E-state index contributed by atoms with van der Waals surface area (Å²) < 4.78 is 71.8. The number of hydrogen-bond acceptors (Lipinski definition) is 5. The van der Waals surface area contributed by atoms with E-state index in [4.69, 9.17) is 27.9 Å². The number of sulfonamides is 1. The minimum absolute atomic E-state index is 0.158. The molecule has 0 radical (unpaired) electrons. The van der Waals surface area contributed by atoms with Gasteiger partial charge in [-0.25, -0.2) is 18.1 Å². The molecule has 164 valence electrons. The van der Waals surface area contributed by atoms with Gasteiger partial charge in [0.15, 0.2) is 5.69 Å². The maximum Gasteiger partial charge on any atom is 0.393 e. The first-order valence-corrected chi connectivity index (χ1v) is 10.9. The first-order valence-electron chi connectivity index (χ1n) is 8.63. The van der Waals surface area contributed by atoms with Crippen LogP contribution in [0.25, 0.3) is 0 Å². The molecule has 7 nitrogen and oxygen atoms in total. The monoisotopic (exact) mass is 485 g/mol. The summed E-state index contributed by atoms with van der Waals surface area (Å²) in [6.45, 7) is 3.48. The molecule has 1 N–H and O–H groups in total. The van der Waals surface area contributed by atoms with E-state index in [2.05, 4.69) is 4.98 Å². The van der Waals surface area contributed by atoms with Crippen LogP contribution in [0, 0.1) is 5.92 Å². The van der Waals surface area contributed by atoms with E-state index in [-0.39, 0.29) is 28.5 Å². The number of imidazole rings is 1. The molecule has 2 atom stereocenters. The molecule has 1 aromatic heterocycles. The largest absolute Gasteiger partial charge is 0.491 e. The lowest BCUT2D eigenvalue weighted by Gasteiger charge is -2.13. The Labute approximate surface area is 180 Å². The van der Waals surface area contributed by atoms with Crippen LogP contribution >= 0.6 is 23.2 Å². The smallest absolute Gasteiger partial charge is 0.393 e. The Hall–Kier alpha value is -1.98. The van der Waals surface area contributed by atoms with Gasteiger partial charge in [-0.1, -0.05) is 23.2 Å². The Balaban J connectivity index is 1.81. The quantitative estimate of drug-likeness (QED) is 0.661. The summed E-state index contributed by atoms with van der Waals surface area (Å²) in [5.41, 5.74) is -0.515. The van der Waals surface area contributed by atoms with E-state index in [1.54, 1.807) is 18.6 Å². The van der Waals surface area contributed by atoms with Crippen molar-refractivity contribution >= 4 is 39.1 Å². The number of aromatic nitrogens is 2. The molecule has 0 saturated heterocycles. The number of nitrogens with zero attached hydrogens (tertiary/aromatic N) is 2. The number of rotatable bonds is 6. The zero-order valence-electron chi connectivity index (χ0n) is 15.6. The van der Waals surface area contributed by atoms with E-state index >= 15 is 0 Å². The topological polar surface area (TPSA) is 90.3 Å². The molecule has 2 aromatic rings. The predicted molar refractivity (Wildman–Crippen MR) is 102 cm³/mol. The maximum absolute atomic E-state index is 12.8. The van der Waals surface area contributed by atoms with Gasteiger partial charge < -0.3 is 9.30 Å². The Morgan fingerprint density at radius 1 is 1.33 bits per heavy atom. The van der Waals surface area contributed by atoms with Crippen molar-refractivity contribution in [1.29, 1.82) is 0 Å². The zero-order valence-corrected chi connectivity index (χ0v) is 17.9. The molecule has 0 aliphatic heterocycles. The average Bonchev–Trinajstić information content (AvgIpc) is 3.32. The summed E-state index contributed by atoms with van der Waals surface area (Å²) in [4.78, 5) is 15.7. The SMILES string of the molecule is CC(C)Oc1ccc(Cl)c(S(=O)(=O)NC(=O)c2ncn(C3CC3C(F)(F)F)c2Cl)c1. The highest BCUT2D eigenvalue weighted by molar-refractivity contribution is 7.90. The van der Waals surface area contributed by atoms with Crippen LogP contribution in [0.15, 0.2) is 29.4 Å². The Morgan fingerprint density at radius 2 is 2.00 bits per heavy atom. The maximum atomic E-state index is 12.8. The molecular formula is C17H16Cl2F3N3O4S. The van der Waals surface area contributed by atoms with Crippen molar-refractivity contribution in [3.63, 3.8) is 0 Å². The number of ether oxygens (including phenoxy) is 1. The lowest BCUT2D eigenvalue weighted by Crippen LogP contribution is -2.31. The third kappa shape index (κ3) is 4.68. The van der Waals surface area contributed by atoms with Gasteiger partial charge in [-0.2, -0.15) is 13.2 Å². The van der Waals surface area contributed by atoms with Gasteiger partial charge in [0, 0.05) is 12.1 Å². The van der Waals surface area contributed by atoms with Gasteiger partial charge in [0.05, 0.1) is 23.4 Å². The summed E-state index contributed by atoms with van der Waals surface area (Å²) >= 11 is 11.9. The molecule has 1 fully saturated rings. The number of amides is 1. The summed E-state index contributed by atoms with van der Waals surface area (Å²) in [7, 11) is -4.44. The van der Waals surface area contributed by atoms with Crippen LogP contribution in [0.3, 0.4) is 0 Å². The lowest BCUT2D eigenvalue weighted by atomic mass is 10.3. The molecule has 1 heterocycles. The molecule has 1 aromatic carbocycles. The van der Waals surface area contributed by atoms with Crippen LogP contribution in [-0.2, 0) is 10.0 Å². The van der Waals surface area contributed by atoms with Gasteiger partial charge in [0.1, 0.15) is 15.8 Å². The van der Waals surface area contributed by atoms with E-state index in [9.17, 15) is 26.4 Å². The predicted octanol–water partition coefficient (Wildman–Crippen LogP) is 4.22. The second kappa shape index (κ2) is 7.93. The van der Waals surface area contributed by atoms with Crippen LogP contribution in [0.2, 0.25) is 10.2 Å². The highest BCUT2D eigenvalue weighted by Gasteiger charge is 2.57. The number of hydrogen-bond donors (Lipinski definition) is 1. The standard InChI is InChI=1S/C17H16Cl2F3N3O4S/c1-8(2)29-9-3-4-11(18)13(5-9)30(27,28)24-16(26)14-15(19)25(7-23-14)12-6-10(12)17(20,21)22/h3-5,7-8,10,12H,6H2,1-2H3,(H,24,26). The lowest BCUT2D eigenvalue weighted by molar-refractivity contribution is -0.150. The minimum atomic E-state index is -4.44. The molecule has 3 rings (SSSR count). The number of alkyl halides is 3. The third-order valence-corrected chi connectivity index (χ3v) is 6.46. The van der Waals surface area contributed by atoms with Crippen LogP contribution in [0.5, 0.6) is 5.75 Å². The highest BCUT2D eigenvalue weighted by atomic mass is 35.5. The molecule has 1 saturated carbocycles. The van der Waals surface area contributed by atoms with Crippen LogP contribution in [0.4, 0.5) is 13.2 Å². The fraction of sp³-hybridized carbons (Fsp3) is 0.412. The van der Waals surface area contributed by atoms with E-state index in [0.717, 1.165) is 17.0 Å². The van der Waals surface area contributed by atoms with E-state index < -0.39 is 44.7 Å². The molecule has 30 heavy (non-hydrogen) atoms. The molecular weight excluding hydrogens is 470 g/mol. The Morgan fingerprint density at radius 3 is 2.57 bits per heavy atom. The molecule has 1 amide bonds. The van der Waals surface area contributed by atoms with Gasteiger partial charge >= 0.3 is 6.18 Å². The fourth-order valence-corrected chi connectivity index (χ4v) is 4.60. The molecule has 0 bridgehead atoms. The molecule has 1 aliphatic carbocycles. The van der Waals surface area contributed by atoms with Gasteiger partial charge in [-0.15, -0.1) is 0 Å². The van der Waals surface area contributed by atoms with Crippen molar-refractivity contribution in [2.45, 2.75) is 43.5 Å². The number of carbonyl (C=O) groups is 1. The number of benzene rings is 1. The minimum Gasteiger partial charge on any atom is -0.491 e. The van der Waals surface area contributed by atoms with Crippen LogP contribution in [-0.4, -0.2) is 36.2 Å². The second-order valence-electron chi connectivity index (χ2n) is 6.94. The normalized spacial score (nSPS) is 19.1. The summed E-state index contributed by atoms with van der Waals surface area (Å²) in [5.74, 6) is -2.57. The van der Waals surface area contributed by atoms with Gasteiger partial charge in [-0.05, 0) is 32.4 Å². The number of carbonyl (C=O) groups excluding carboxylic acids is 1. The third-order valence-electron chi connectivity index (χ3n) is 4.27. The van der Waals surface area contributed by atoms with Gasteiger partial charge in [-0.3, -0.25) is 4.79 Å². The van der Waals surface area contributed by atoms with Crippen molar-refractivity contribution in [2.24, 2.45) is 5.92 Å². The van der Waals surface area contributed by atoms with Crippen molar-refractivity contribution in [2.75, 3.05) is 0 Å². The fourth-order valence-electron chi connectivity index (χ4n) is 2.83.